The van der Waals surface area contributed by atoms with Crippen molar-refractivity contribution in [2.75, 3.05) is 20.2 Å². The van der Waals surface area contributed by atoms with Crippen molar-refractivity contribution in [2.24, 2.45) is 0 Å². The standard InChI is InChI=1S/C22H28N2O4S/c1-17-7-9-18(10-8-17)16-23-29(26,27)19-11-12-21(28-2)20(15-19)22(25)24-13-5-3-4-6-14-24/h7-12,15,23H,3-6,13-14,16H2,1-2H3. The summed E-state index contributed by atoms with van der Waals surface area (Å²) in [6.45, 7) is 3.54. The molecule has 1 saturated heterocycles. The fraction of sp³-hybridized carbons (Fsp3) is 0.409. The van der Waals surface area contributed by atoms with Crippen LogP contribution >= 0.6 is 0 Å². The van der Waals surface area contributed by atoms with E-state index in [1.165, 1.54) is 19.2 Å². The van der Waals surface area contributed by atoms with Crippen molar-refractivity contribution in [3.05, 3.63) is 59.2 Å². The molecule has 1 amide bonds. The fourth-order valence-corrected chi connectivity index (χ4v) is 4.48. The molecule has 0 spiro atoms. The van der Waals surface area contributed by atoms with Crippen molar-refractivity contribution < 1.29 is 17.9 Å². The number of ether oxygens (including phenoxy) is 1. The highest BCUT2D eigenvalue weighted by Crippen LogP contribution is 2.25. The molecule has 1 aliphatic heterocycles. The summed E-state index contributed by atoms with van der Waals surface area (Å²) in [5.74, 6) is 0.205. The molecule has 2 aromatic carbocycles. The fourth-order valence-electron chi connectivity index (χ4n) is 3.43. The predicted molar refractivity (Wildman–Crippen MR) is 113 cm³/mol. The Kier molecular flexibility index (Phi) is 6.92. The molecule has 0 aromatic heterocycles. The highest BCUT2D eigenvalue weighted by molar-refractivity contribution is 7.89. The Bertz CT molecular complexity index is 947. The van der Waals surface area contributed by atoms with E-state index in [0.29, 0.717) is 18.8 Å². The second-order valence-electron chi connectivity index (χ2n) is 7.38. The Hall–Kier alpha value is -2.38. The Morgan fingerprint density at radius 1 is 1.03 bits per heavy atom. The summed E-state index contributed by atoms with van der Waals surface area (Å²) in [5.41, 5.74) is 2.27. The van der Waals surface area contributed by atoms with Gasteiger partial charge in [0, 0.05) is 19.6 Å². The molecule has 0 aliphatic carbocycles. The molecule has 0 unspecified atom stereocenters. The molecule has 1 aliphatic rings. The SMILES string of the molecule is COc1ccc(S(=O)(=O)NCc2ccc(C)cc2)cc1C(=O)N1CCCCCC1. The highest BCUT2D eigenvalue weighted by Gasteiger charge is 2.24. The highest BCUT2D eigenvalue weighted by atomic mass is 32.2. The zero-order chi connectivity index (χ0) is 20.9. The number of nitrogens with one attached hydrogen (secondary N) is 1. The van der Waals surface area contributed by atoms with Gasteiger partial charge in [0.05, 0.1) is 17.6 Å². The largest absolute Gasteiger partial charge is 0.496 e. The number of nitrogens with zero attached hydrogens (tertiary/aromatic N) is 1. The van der Waals surface area contributed by atoms with E-state index < -0.39 is 10.0 Å². The number of sulfonamides is 1. The van der Waals surface area contributed by atoms with Crippen molar-refractivity contribution in [1.29, 1.82) is 0 Å². The number of hydrogen-bond donors (Lipinski definition) is 1. The molecule has 1 N–H and O–H groups in total. The summed E-state index contributed by atoms with van der Waals surface area (Å²) >= 11 is 0. The zero-order valence-electron chi connectivity index (χ0n) is 17.0. The molecule has 1 heterocycles. The van der Waals surface area contributed by atoms with Crippen molar-refractivity contribution in [2.45, 2.75) is 44.0 Å². The van der Waals surface area contributed by atoms with Crippen LogP contribution in [0, 0.1) is 6.92 Å². The normalized spacial score (nSPS) is 15.0. The Morgan fingerprint density at radius 2 is 1.69 bits per heavy atom. The minimum Gasteiger partial charge on any atom is -0.496 e. The van der Waals surface area contributed by atoms with Crippen LogP contribution in [0.5, 0.6) is 5.75 Å². The summed E-state index contributed by atoms with van der Waals surface area (Å²) < 4.78 is 33.5. The maximum atomic E-state index is 13.1. The lowest BCUT2D eigenvalue weighted by atomic mass is 10.1. The average molecular weight is 417 g/mol. The number of carbonyl (C=O) groups excluding carboxylic acids is 1. The van der Waals surface area contributed by atoms with E-state index in [2.05, 4.69) is 4.72 Å². The molecule has 7 heteroatoms. The number of rotatable bonds is 6. The number of carbonyl (C=O) groups is 1. The van der Waals surface area contributed by atoms with E-state index >= 15 is 0 Å². The van der Waals surface area contributed by atoms with Crippen LogP contribution in [-0.2, 0) is 16.6 Å². The molecule has 156 valence electrons. The molecule has 0 atom stereocenters. The van der Waals surface area contributed by atoms with Gasteiger partial charge in [0.1, 0.15) is 5.75 Å². The van der Waals surface area contributed by atoms with Crippen molar-refractivity contribution >= 4 is 15.9 Å². The third kappa shape index (κ3) is 5.36. The number of methoxy groups -OCH3 is 1. The van der Waals surface area contributed by atoms with Gasteiger partial charge in [0.2, 0.25) is 10.0 Å². The minimum absolute atomic E-state index is 0.0589. The van der Waals surface area contributed by atoms with Gasteiger partial charge in [-0.25, -0.2) is 13.1 Å². The maximum Gasteiger partial charge on any atom is 0.257 e. The molecule has 0 radical (unpaired) electrons. The smallest absolute Gasteiger partial charge is 0.257 e. The van der Waals surface area contributed by atoms with Crippen molar-refractivity contribution in [3.63, 3.8) is 0 Å². The van der Waals surface area contributed by atoms with E-state index in [1.807, 2.05) is 31.2 Å². The van der Waals surface area contributed by atoms with Gasteiger partial charge in [0.15, 0.2) is 0 Å². The zero-order valence-corrected chi connectivity index (χ0v) is 17.8. The first-order valence-corrected chi connectivity index (χ1v) is 11.4. The third-order valence-electron chi connectivity index (χ3n) is 5.19. The average Bonchev–Trinajstić information content (AvgIpc) is 3.02. The van der Waals surface area contributed by atoms with Crippen LogP contribution in [0.2, 0.25) is 0 Å². The first-order chi connectivity index (χ1) is 13.9. The summed E-state index contributed by atoms with van der Waals surface area (Å²) in [6.07, 6.45) is 4.14. The van der Waals surface area contributed by atoms with Crippen LogP contribution in [-0.4, -0.2) is 39.4 Å². The second-order valence-corrected chi connectivity index (χ2v) is 9.15. The lowest BCUT2D eigenvalue weighted by molar-refractivity contribution is 0.0758. The lowest BCUT2D eigenvalue weighted by Crippen LogP contribution is -2.32. The summed E-state index contributed by atoms with van der Waals surface area (Å²) in [6, 6.07) is 12.1. The van der Waals surface area contributed by atoms with Crippen LogP contribution in [0.15, 0.2) is 47.4 Å². The van der Waals surface area contributed by atoms with Crippen molar-refractivity contribution in [1.82, 2.24) is 9.62 Å². The number of benzene rings is 2. The third-order valence-corrected chi connectivity index (χ3v) is 6.59. The Balaban J connectivity index is 1.82. The van der Waals surface area contributed by atoms with Crippen LogP contribution in [0.1, 0.15) is 47.2 Å². The molecule has 3 rings (SSSR count). The number of hydrogen-bond acceptors (Lipinski definition) is 4. The van der Waals surface area contributed by atoms with E-state index in [-0.39, 0.29) is 22.9 Å². The molecule has 0 bridgehead atoms. The predicted octanol–water partition coefficient (Wildman–Crippen LogP) is 3.50. The van der Waals surface area contributed by atoms with Gasteiger partial charge in [-0.15, -0.1) is 0 Å². The van der Waals surface area contributed by atoms with Gasteiger partial charge in [-0.05, 0) is 43.5 Å². The van der Waals surface area contributed by atoms with E-state index in [1.54, 1.807) is 11.0 Å². The quantitative estimate of drug-likeness (QED) is 0.782. The number of likely N-dealkylation sites (tertiary alicyclic amines) is 1. The first kappa shape index (κ1) is 21.3. The second kappa shape index (κ2) is 9.41. The molecule has 29 heavy (non-hydrogen) atoms. The van der Waals surface area contributed by atoms with Crippen molar-refractivity contribution in [3.8, 4) is 5.75 Å². The van der Waals surface area contributed by atoms with E-state index in [9.17, 15) is 13.2 Å². The van der Waals surface area contributed by atoms with Crippen LogP contribution in [0.3, 0.4) is 0 Å². The van der Waals surface area contributed by atoms with Gasteiger partial charge in [0.25, 0.3) is 5.91 Å². The first-order valence-electron chi connectivity index (χ1n) is 9.93. The molecule has 0 saturated carbocycles. The van der Waals surface area contributed by atoms with Crippen LogP contribution in [0.4, 0.5) is 0 Å². The van der Waals surface area contributed by atoms with Gasteiger partial charge in [-0.2, -0.15) is 0 Å². The van der Waals surface area contributed by atoms with E-state index in [0.717, 1.165) is 36.8 Å². The number of aryl methyl sites for hydroxylation is 1. The molecular formula is C22H28N2O4S. The summed E-state index contributed by atoms with van der Waals surface area (Å²) in [5, 5.41) is 0. The van der Waals surface area contributed by atoms with Gasteiger partial charge < -0.3 is 9.64 Å². The monoisotopic (exact) mass is 416 g/mol. The molecule has 6 nitrogen and oxygen atoms in total. The summed E-state index contributed by atoms with van der Waals surface area (Å²) in [4.78, 5) is 14.9. The topological polar surface area (TPSA) is 75.7 Å². The number of amides is 1. The molecule has 2 aromatic rings. The Morgan fingerprint density at radius 3 is 2.31 bits per heavy atom. The lowest BCUT2D eigenvalue weighted by Gasteiger charge is -2.22. The Labute approximate surface area is 172 Å². The van der Waals surface area contributed by atoms with E-state index in [4.69, 9.17) is 4.74 Å². The minimum atomic E-state index is -3.76. The van der Waals surface area contributed by atoms with Gasteiger partial charge in [-0.1, -0.05) is 42.7 Å². The van der Waals surface area contributed by atoms with Crippen LogP contribution < -0.4 is 9.46 Å². The molecular weight excluding hydrogens is 388 g/mol. The van der Waals surface area contributed by atoms with Crippen LogP contribution in [0.25, 0.3) is 0 Å². The summed E-state index contributed by atoms with van der Waals surface area (Å²) in [7, 11) is -2.28. The van der Waals surface area contributed by atoms with Gasteiger partial charge >= 0.3 is 0 Å². The van der Waals surface area contributed by atoms with Gasteiger partial charge in [-0.3, -0.25) is 4.79 Å². The maximum absolute atomic E-state index is 13.1. The molecule has 1 fully saturated rings.